The number of hydrogen-bond donors (Lipinski definition) is 1. The second-order valence-electron chi connectivity index (χ2n) is 5.56. The van der Waals surface area contributed by atoms with E-state index in [0.29, 0.717) is 12.0 Å². The molecule has 3 nitrogen and oxygen atoms in total. The highest BCUT2D eigenvalue weighted by molar-refractivity contribution is 5.81. The fraction of sp³-hybridized carbons (Fsp3) is 0.611. The molecular weight excluding hydrogens is 262 g/mol. The molecule has 0 spiro atoms. The van der Waals surface area contributed by atoms with Crippen molar-refractivity contribution in [1.29, 1.82) is 0 Å². The van der Waals surface area contributed by atoms with Gasteiger partial charge in [0.2, 0.25) is 0 Å². The molecule has 0 amide bonds. The number of hydrogen-bond acceptors (Lipinski definition) is 3. The van der Waals surface area contributed by atoms with Gasteiger partial charge in [-0.25, -0.2) is 0 Å². The Labute approximate surface area is 129 Å². The molecule has 2 atom stereocenters. The van der Waals surface area contributed by atoms with E-state index in [1.807, 2.05) is 19.1 Å². The van der Waals surface area contributed by atoms with Crippen LogP contribution >= 0.6 is 0 Å². The summed E-state index contributed by atoms with van der Waals surface area (Å²) in [6, 6.07) is 8.22. The van der Waals surface area contributed by atoms with Crippen LogP contribution in [-0.2, 0) is 4.74 Å². The molecule has 0 saturated heterocycles. The molecule has 1 aromatic rings. The van der Waals surface area contributed by atoms with E-state index >= 15 is 0 Å². The first kappa shape index (κ1) is 17.7. The van der Waals surface area contributed by atoms with E-state index in [4.69, 9.17) is 9.94 Å². The van der Waals surface area contributed by atoms with Crippen LogP contribution < -0.4 is 0 Å². The van der Waals surface area contributed by atoms with Crippen LogP contribution in [0.4, 0.5) is 0 Å². The van der Waals surface area contributed by atoms with Crippen LogP contribution in [0, 0.1) is 0 Å². The molecule has 0 bridgehead atoms. The van der Waals surface area contributed by atoms with Gasteiger partial charge in [-0.15, -0.1) is 0 Å². The van der Waals surface area contributed by atoms with Gasteiger partial charge in [0.25, 0.3) is 0 Å². The fourth-order valence-electron chi connectivity index (χ4n) is 2.77. The summed E-state index contributed by atoms with van der Waals surface area (Å²) in [5.74, 6) is 0.502. The minimum absolute atomic E-state index is 0.304. The smallest absolute Gasteiger partial charge is 0.0736 e. The first-order valence-corrected chi connectivity index (χ1v) is 8.10. The van der Waals surface area contributed by atoms with Gasteiger partial charge in [0.1, 0.15) is 0 Å². The molecular formula is C18H29NO2. The van der Waals surface area contributed by atoms with Crippen molar-refractivity contribution in [3.8, 4) is 0 Å². The quantitative estimate of drug-likeness (QED) is 0.375. The van der Waals surface area contributed by atoms with Crippen molar-refractivity contribution in [1.82, 2.24) is 0 Å². The Hall–Kier alpha value is -1.35. The lowest BCUT2D eigenvalue weighted by atomic mass is 9.86. The monoisotopic (exact) mass is 291 g/mol. The van der Waals surface area contributed by atoms with Gasteiger partial charge in [0.15, 0.2) is 0 Å². The molecule has 2 unspecified atom stereocenters. The average molecular weight is 291 g/mol. The van der Waals surface area contributed by atoms with E-state index in [1.54, 1.807) is 6.21 Å². The van der Waals surface area contributed by atoms with Crippen molar-refractivity contribution in [2.45, 2.75) is 64.9 Å². The molecule has 0 heterocycles. The summed E-state index contributed by atoms with van der Waals surface area (Å²) in [4.78, 5) is 0. The lowest BCUT2D eigenvalue weighted by Gasteiger charge is -2.21. The zero-order valence-corrected chi connectivity index (χ0v) is 13.6. The summed E-state index contributed by atoms with van der Waals surface area (Å²) in [6.45, 7) is 7.18. The molecule has 118 valence electrons. The van der Waals surface area contributed by atoms with E-state index in [0.717, 1.165) is 25.0 Å². The summed E-state index contributed by atoms with van der Waals surface area (Å²) in [6.07, 6.45) is 7.61. The Kier molecular flexibility index (Phi) is 8.76. The van der Waals surface area contributed by atoms with E-state index in [-0.39, 0.29) is 0 Å². The molecule has 0 aromatic heterocycles. The zero-order valence-electron chi connectivity index (χ0n) is 13.6. The molecule has 0 aliphatic carbocycles. The maximum atomic E-state index is 8.84. The SMILES string of the molecule is CCCCC(CCC(C)OCC)c1ccccc1C=NO. The van der Waals surface area contributed by atoms with Crippen LogP contribution in [0.3, 0.4) is 0 Å². The minimum Gasteiger partial charge on any atom is -0.411 e. The van der Waals surface area contributed by atoms with Crippen LogP contribution in [0.25, 0.3) is 0 Å². The van der Waals surface area contributed by atoms with Gasteiger partial charge >= 0.3 is 0 Å². The number of oxime groups is 1. The topological polar surface area (TPSA) is 41.8 Å². The summed E-state index contributed by atoms with van der Waals surface area (Å²) >= 11 is 0. The molecule has 3 heteroatoms. The highest BCUT2D eigenvalue weighted by Gasteiger charge is 2.15. The van der Waals surface area contributed by atoms with Crippen LogP contribution in [0.1, 0.15) is 69.9 Å². The summed E-state index contributed by atoms with van der Waals surface area (Å²) in [7, 11) is 0. The normalized spacial score (nSPS) is 14.4. The number of nitrogens with zero attached hydrogens (tertiary/aromatic N) is 1. The minimum atomic E-state index is 0.304. The van der Waals surface area contributed by atoms with Gasteiger partial charge in [-0.3, -0.25) is 0 Å². The molecule has 0 radical (unpaired) electrons. The van der Waals surface area contributed by atoms with Gasteiger partial charge in [-0.2, -0.15) is 0 Å². The Morgan fingerprint density at radius 1 is 1.19 bits per heavy atom. The lowest BCUT2D eigenvalue weighted by Crippen LogP contribution is -2.11. The molecule has 0 fully saturated rings. The largest absolute Gasteiger partial charge is 0.411 e. The third-order valence-corrected chi connectivity index (χ3v) is 3.91. The molecule has 21 heavy (non-hydrogen) atoms. The highest BCUT2D eigenvalue weighted by atomic mass is 16.5. The average Bonchev–Trinajstić information content (AvgIpc) is 2.49. The van der Waals surface area contributed by atoms with Crippen molar-refractivity contribution in [2.75, 3.05) is 6.61 Å². The summed E-state index contributed by atoms with van der Waals surface area (Å²) in [5, 5.41) is 12.0. The van der Waals surface area contributed by atoms with Crippen molar-refractivity contribution in [3.05, 3.63) is 35.4 Å². The van der Waals surface area contributed by atoms with Crippen molar-refractivity contribution in [3.63, 3.8) is 0 Å². The predicted molar refractivity (Wildman–Crippen MR) is 88.4 cm³/mol. The second kappa shape index (κ2) is 10.4. The molecule has 0 aliphatic heterocycles. The van der Waals surface area contributed by atoms with Gasteiger partial charge < -0.3 is 9.94 Å². The summed E-state index contributed by atoms with van der Waals surface area (Å²) in [5.41, 5.74) is 2.30. The Morgan fingerprint density at radius 3 is 2.62 bits per heavy atom. The van der Waals surface area contributed by atoms with Crippen LogP contribution in [-0.4, -0.2) is 24.1 Å². The molecule has 1 rings (SSSR count). The lowest BCUT2D eigenvalue weighted by molar-refractivity contribution is 0.0671. The number of benzene rings is 1. The van der Waals surface area contributed by atoms with Gasteiger partial charge in [0, 0.05) is 6.61 Å². The van der Waals surface area contributed by atoms with E-state index in [1.165, 1.54) is 24.8 Å². The van der Waals surface area contributed by atoms with E-state index < -0.39 is 0 Å². The summed E-state index contributed by atoms with van der Waals surface area (Å²) < 4.78 is 5.64. The predicted octanol–water partition coefficient (Wildman–Crippen LogP) is 4.97. The first-order chi connectivity index (χ1) is 10.2. The van der Waals surface area contributed by atoms with Crippen molar-refractivity contribution < 1.29 is 9.94 Å². The number of ether oxygens (including phenoxy) is 1. The second-order valence-corrected chi connectivity index (χ2v) is 5.56. The van der Waals surface area contributed by atoms with Crippen LogP contribution in [0.5, 0.6) is 0 Å². The highest BCUT2D eigenvalue weighted by Crippen LogP contribution is 2.30. The number of rotatable bonds is 10. The van der Waals surface area contributed by atoms with E-state index in [2.05, 4.69) is 31.1 Å². The number of unbranched alkanes of at least 4 members (excludes halogenated alkanes) is 1. The standard InChI is InChI=1S/C18H29NO2/c1-4-6-9-16(13-12-15(3)21-5-2)18-11-8-7-10-17(18)14-19-20/h7-8,10-11,14-16,20H,4-6,9,12-13H2,1-3H3. The van der Waals surface area contributed by atoms with E-state index in [9.17, 15) is 0 Å². The first-order valence-electron chi connectivity index (χ1n) is 8.10. The van der Waals surface area contributed by atoms with Gasteiger partial charge in [0.05, 0.1) is 12.3 Å². The fourth-order valence-corrected chi connectivity index (χ4v) is 2.77. The van der Waals surface area contributed by atoms with Crippen LogP contribution in [0.15, 0.2) is 29.4 Å². The molecule has 0 saturated carbocycles. The molecule has 0 aliphatic rings. The molecule has 1 N–H and O–H groups in total. The van der Waals surface area contributed by atoms with Crippen molar-refractivity contribution in [2.24, 2.45) is 5.16 Å². The van der Waals surface area contributed by atoms with Crippen molar-refractivity contribution >= 4 is 6.21 Å². The Bertz CT molecular complexity index is 417. The van der Waals surface area contributed by atoms with Crippen LogP contribution in [0.2, 0.25) is 0 Å². The third-order valence-electron chi connectivity index (χ3n) is 3.91. The Morgan fingerprint density at radius 2 is 1.95 bits per heavy atom. The molecule has 1 aromatic carbocycles. The Balaban J connectivity index is 2.81. The van der Waals surface area contributed by atoms with Gasteiger partial charge in [-0.1, -0.05) is 49.2 Å². The third kappa shape index (κ3) is 6.30. The van der Waals surface area contributed by atoms with Gasteiger partial charge in [-0.05, 0) is 50.2 Å². The maximum Gasteiger partial charge on any atom is 0.0736 e. The maximum absolute atomic E-state index is 8.84. The zero-order chi connectivity index (χ0) is 15.5.